The van der Waals surface area contributed by atoms with Gasteiger partial charge in [-0.25, -0.2) is 0 Å². The molecule has 0 fully saturated rings. The highest BCUT2D eigenvalue weighted by Gasteiger charge is 2.17. The van der Waals surface area contributed by atoms with E-state index in [1.165, 1.54) is 33.2 Å². The van der Waals surface area contributed by atoms with Crippen LogP contribution in [0, 0.1) is 3.57 Å². The summed E-state index contributed by atoms with van der Waals surface area (Å²) in [6, 6.07) is 8.43. The van der Waals surface area contributed by atoms with Gasteiger partial charge in [0.05, 0.1) is 5.69 Å². The fourth-order valence-corrected chi connectivity index (χ4v) is 2.93. The zero-order valence-corrected chi connectivity index (χ0v) is 11.6. The molecule has 1 aliphatic rings. The molecule has 0 saturated carbocycles. The number of rotatable bonds is 1. The highest BCUT2D eigenvalue weighted by Crippen LogP contribution is 2.32. The number of aromatic nitrogens is 2. The van der Waals surface area contributed by atoms with Crippen LogP contribution in [0.15, 0.2) is 24.3 Å². The lowest BCUT2D eigenvalue weighted by Crippen LogP contribution is -1.99. The van der Waals surface area contributed by atoms with Crippen molar-refractivity contribution in [2.45, 2.75) is 19.3 Å². The first-order valence-corrected chi connectivity index (χ1v) is 7.00. The summed E-state index contributed by atoms with van der Waals surface area (Å²) >= 11 is 2.38. The maximum absolute atomic E-state index is 4.39. The predicted molar refractivity (Wildman–Crippen MR) is 78.2 cm³/mol. The first kappa shape index (κ1) is 11.1. The fourth-order valence-electron chi connectivity index (χ4n) is 2.28. The summed E-state index contributed by atoms with van der Waals surface area (Å²) in [5.74, 6) is 1.04. The third-order valence-corrected chi connectivity index (χ3v) is 4.10. The van der Waals surface area contributed by atoms with Crippen LogP contribution in [0.1, 0.15) is 18.4 Å². The molecule has 0 bridgehead atoms. The van der Waals surface area contributed by atoms with Gasteiger partial charge in [-0.1, -0.05) is 18.2 Å². The number of nitrogens with one attached hydrogen (secondary N) is 2. The summed E-state index contributed by atoms with van der Waals surface area (Å²) in [6.45, 7) is 1.03. The summed E-state index contributed by atoms with van der Waals surface area (Å²) in [4.78, 5) is 0. The first-order chi connectivity index (χ1) is 8.36. The SMILES string of the molecule is Ic1ccccc1-c1[nH]nc2c1CCCCN2. The van der Waals surface area contributed by atoms with Gasteiger partial charge in [0, 0.05) is 21.2 Å². The molecule has 2 N–H and O–H groups in total. The zero-order chi connectivity index (χ0) is 11.7. The minimum Gasteiger partial charge on any atom is -0.368 e. The lowest BCUT2D eigenvalue weighted by molar-refractivity contribution is 0.783. The normalized spacial score (nSPS) is 14.9. The highest BCUT2D eigenvalue weighted by atomic mass is 127. The smallest absolute Gasteiger partial charge is 0.151 e. The van der Waals surface area contributed by atoms with Gasteiger partial charge in [-0.3, -0.25) is 5.10 Å². The molecule has 1 aromatic heterocycles. The van der Waals surface area contributed by atoms with Crippen molar-refractivity contribution in [1.82, 2.24) is 10.2 Å². The van der Waals surface area contributed by atoms with Crippen molar-refractivity contribution in [3.05, 3.63) is 33.4 Å². The van der Waals surface area contributed by atoms with Crippen molar-refractivity contribution < 1.29 is 0 Å². The number of H-pyrrole nitrogens is 1. The summed E-state index contributed by atoms with van der Waals surface area (Å²) in [6.07, 6.45) is 3.57. The van der Waals surface area contributed by atoms with Crippen LogP contribution in [0.3, 0.4) is 0 Å². The van der Waals surface area contributed by atoms with Crippen LogP contribution in [0.4, 0.5) is 5.82 Å². The third-order valence-electron chi connectivity index (χ3n) is 3.16. The minimum absolute atomic E-state index is 1.03. The summed E-state index contributed by atoms with van der Waals surface area (Å²) in [7, 11) is 0. The lowest BCUT2D eigenvalue weighted by atomic mass is 10.0. The van der Waals surface area contributed by atoms with Gasteiger partial charge in [0.1, 0.15) is 0 Å². The average Bonchev–Trinajstić information content (AvgIpc) is 2.59. The van der Waals surface area contributed by atoms with Crippen LogP contribution in [0.2, 0.25) is 0 Å². The number of hydrogen-bond acceptors (Lipinski definition) is 2. The van der Waals surface area contributed by atoms with Crippen molar-refractivity contribution in [2.75, 3.05) is 11.9 Å². The molecule has 3 rings (SSSR count). The Balaban J connectivity index is 2.10. The second-order valence-electron chi connectivity index (χ2n) is 4.29. The Bertz CT molecular complexity index is 533. The number of hydrogen-bond donors (Lipinski definition) is 2. The number of benzene rings is 1. The third kappa shape index (κ3) is 2.06. The summed E-state index contributed by atoms with van der Waals surface area (Å²) in [5.41, 5.74) is 3.77. The Labute approximate surface area is 114 Å². The van der Waals surface area contributed by atoms with Gasteiger partial charge in [-0.15, -0.1) is 0 Å². The molecule has 2 heterocycles. The Morgan fingerprint density at radius 2 is 2.06 bits per heavy atom. The monoisotopic (exact) mass is 339 g/mol. The van der Waals surface area contributed by atoms with E-state index >= 15 is 0 Å². The maximum atomic E-state index is 4.39. The minimum atomic E-state index is 1.03. The molecule has 0 saturated heterocycles. The number of fused-ring (bicyclic) bond motifs is 1. The van der Waals surface area contributed by atoms with Crippen LogP contribution in [0.25, 0.3) is 11.3 Å². The largest absolute Gasteiger partial charge is 0.368 e. The standard InChI is InChI=1S/C13H14IN3/c14-11-7-2-1-5-9(11)12-10-6-3-4-8-15-13(10)17-16-12/h1-2,5,7H,3-4,6,8H2,(H2,15,16,17). The average molecular weight is 339 g/mol. The van der Waals surface area contributed by atoms with Crippen LogP contribution >= 0.6 is 22.6 Å². The zero-order valence-electron chi connectivity index (χ0n) is 9.46. The van der Waals surface area contributed by atoms with Gasteiger partial charge in [0.15, 0.2) is 5.82 Å². The highest BCUT2D eigenvalue weighted by molar-refractivity contribution is 14.1. The molecule has 0 radical (unpaired) electrons. The van der Waals surface area contributed by atoms with E-state index in [9.17, 15) is 0 Å². The van der Waals surface area contributed by atoms with Gasteiger partial charge in [-0.05, 0) is 47.9 Å². The molecular formula is C13H14IN3. The van der Waals surface area contributed by atoms with Crippen molar-refractivity contribution in [3.8, 4) is 11.3 Å². The van der Waals surface area contributed by atoms with E-state index in [0.29, 0.717) is 0 Å². The molecule has 4 heteroatoms. The molecule has 1 aliphatic heterocycles. The predicted octanol–water partition coefficient (Wildman–Crippen LogP) is 3.43. The molecular weight excluding hydrogens is 325 g/mol. The Hall–Kier alpha value is -1.04. The van der Waals surface area contributed by atoms with Gasteiger partial charge >= 0.3 is 0 Å². The van der Waals surface area contributed by atoms with Crippen LogP contribution in [0.5, 0.6) is 0 Å². The molecule has 3 nitrogen and oxygen atoms in total. The van der Waals surface area contributed by atoms with Gasteiger partial charge in [-0.2, -0.15) is 5.10 Å². The lowest BCUT2D eigenvalue weighted by Gasteiger charge is -2.05. The van der Waals surface area contributed by atoms with Crippen molar-refractivity contribution in [3.63, 3.8) is 0 Å². The fraction of sp³-hybridized carbons (Fsp3) is 0.308. The molecule has 2 aromatic rings. The summed E-state index contributed by atoms with van der Waals surface area (Å²) < 4.78 is 1.26. The Morgan fingerprint density at radius 1 is 1.18 bits per heavy atom. The molecule has 0 unspecified atom stereocenters. The van der Waals surface area contributed by atoms with Crippen LogP contribution in [-0.4, -0.2) is 16.7 Å². The molecule has 88 valence electrons. The Morgan fingerprint density at radius 3 is 2.94 bits per heavy atom. The molecule has 1 aromatic carbocycles. The molecule has 0 aliphatic carbocycles. The van der Waals surface area contributed by atoms with Crippen molar-refractivity contribution in [2.24, 2.45) is 0 Å². The second-order valence-corrected chi connectivity index (χ2v) is 5.45. The van der Waals surface area contributed by atoms with Crippen LogP contribution in [-0.2, 0) is 6.42 Å². The molecule has 0 spiro atoms. The van der Waals surface area contributed by atoms with E-state index in [0.717, 1.165) is 18.8 Å². The van der Waals surface area contributed by atoms with E-state index in [2.05, 4.69) is 62.4 Å². The number of aromatic amines is 1. The van der Waals surface area contributed by atoms with Gasteiger partial charge < -0.3 is 5.32 Å². The van der Waals surface area contributed by atoms with Crippen molar-refractivity contribution >= 4 is 28.4 Å². The quantitative estimate of drug-likeness (QED) is 0.782. The van der Waals surface area contributed by atoms with E-state index in [1.807, 2.05) is 0 Å². The topological polar surface area (TPSA) is 40.7 Å². The molecule has 0 amide bonds. The molecule has 17 heavy (non-hydrogen) atoms. The number of anilines is 1. The summed E-state index contributed by atoms with van der Waals surface area (Å²) in [5, 5.41) is 11.0. The van der Waals surface area contributed by atoms with Gasteiger partial charge in [0.2, 0.25) is 0 Å². The van der Waals surface area contributed by atoms with E-state index < -0.39 is 0 Å². The number of halogens is 1. The van der Waals surface area contributed by atoms with Crippen molar-refractivity contribution in [1.29, 1.82) is 0 Å². The van der Waals surface area contributed by atoms with Crippen LogP contribution < -0.4 is 5.32 Å². The first-order valence-electron chi connectivity index (χ1n) is 5.92. The van der Waals surface area contributed by atoms with E-state index in [4.69, 9.17) is 0 Å². The second kappa shape index (κ2) is 4.68. The van der Waals surface area contributed by atoms with E-state index in [-0.39, 0.29) is 0 Å². The van der Waals surface area contributed by atoms with Gasteiger partial charge in [0.25, 0.3) is 0 Å². The van der Waals surface area contributed by atoms with E-state index in [1.54, 1.807) is 0 Å². The maximum Gasteiger partial charge on any atom is 0.151 e. The number of nitrogens with zero attached hydrogens (tertiary/aromatic N) is 1. The molecule has 0 atom stereocenters. The Kier molecular flexibility index (Phi) is 3.05.